The van der Waals surface area contributed by atoms with Gasteiger partial charge in [0, 0.05) is 9.69 Å². The third-order valence-electron chi connectivity index (χ3n) is 4.70. The van der Waals surface area contributed by atoms with Crippen LogP contribution in [0.3, 0.4) is 0 Å². The van der Waals surface area contributed by atoms with E-state index in [-0.39, 0.29) is 0 Å². The summed E-state index contributed by atoms with van der Waals surface area (Å²) < 4.78 is 1.36. The molecular formula is C20H8Br2O2. The second-order valence-electron chi connectivity index (χ2n) is 5.99. The lowest BCUT2D eigenvalue weighted by Crippen LogP contribution is -2.24. The van der Waals surface area contributed by atoms with Crippen LogP contribution >= 0.6 is 31.9 Å². The van der Waals surface area contributed by atoms with Crippen LogP contribution in [0.25, 0.3) is 32.3 Å². The number of hydrogen-bond acceptors (Lipinski definition) is 2. The third-order valence-corrected chi connectivity index (χ3v) is 5.78. The molecule has 0 heterocycles. The Morgan fingerprint density at radius 3 is 2.12 bits per heavy atom. The summed E-state index contributed by atoms with van der Waals surface area (Å²) in [6, 6.07) is 16.1. The molecule has 2 nitrogen and oxygen atoms in total. The highest BCUT2D eigenvalue weighted by atomic mass is 79.9. The molecule has 3 aromatic carbocycles. The minimum absolute atomic E-state index is 0.323. The Morgan fingerprint density at radius 2 is 1.29 bits per heavy atom. The van der Waals surface area contributed by atoms with E-state index >= 15 is 0 Å². The second kappa shape index (κ2) is 4.74. The van der Waals surface area contributed by atoms with Gasteiger partial charge in [-0.05, 0) is 83.8 Å². The van der Waals surface area contributed by atoms with Gasteiger partial charge in [0.15, 0.2) is 0 Å². The van der Waals surface area contributed by atoms with Crippen LogP contribution in [0.1, 0.15) is 0 Å². The number of halogens is 2. The van der Waals surface area contributed by atoms with E-state index in [1.165, 1.54) is 5.39 Å². The third kappa shape index (κ3) is 1.75. The molecule has 0 unspecified atom stereocenters. The van der Waals surface area contributed by atoms with Crippen LogP contribution in [0.4, 0.5) is 0 Å². The average Bonchev–Trinajstić information content (AvgIpc) is 3.10. The fourth-order valence-corrected chi connectivity index (χ4v) is 4.39. The molecule has 0 atom stereocenters. The highest BCUT2D eigenvalue weighted by Crippen LogP contribution is 2.36. The summed E-state index contributed by atoms with van der Waals surface area (Å²) in [6.07, 6.45) is 0. The van der Waals surface area contributed by atoms with Crippen LogP contribution in [-0.4, -0.2) is 0 Å². The van der Waals surface area contributed by atoms with Gasteiger partial charge >= 0.3 is 0 Å². The molecule has 0 radical (unpaired) electrons. The zero-order chi connectivity index (χ0) is 16.6. The minimum Gasteiger partial charge on any atom is -0.285 e. The van der Waals surface area contributed by atoms with Crippen LogP contribution in [-0.2, 0) is 0 Å². The lowest BCUT2D eigenvalue weighted by molar-refractivity contribution is 1.37. The predicted octanol–water partition coefficient (Wildman–Crippen LogP) is 4.99. The number of rotatable bonds is 0. The second-order valence-corrected chi connectivity index (χ2v) is 7.76. The van der Waals surface area contributed by atoms with Crippen molar-refractivity contribution in [3.05, 3.63) is 88.4 Å². The fraction of sp³-hybridized carbons (Fsp3) is 0. The average molecular weight is 440 g/mol. The van der Waals surface area contributed by atoms with E-state index in [4.69, 9.17) is 0 Å². The number of hydrogen-bond donors (Lipinski definition) is 0. The molecule has 0 aromatic heterocycles. The van der Waals surface area contributed by atoms with Gasteiger partial charge in [0.05, 0.1) is 4.47 Å². The van der Waals surface area contributed by atoms with Crippen molar-refractivity contribution in [2.24, 2.45) is 0 Å². The molecule has 0 amide bonds. The minimum atomic E-state index is -0.481. The summed E-state index contributed by atoms with van der Waals surface area (Å²) >= 11 is 6.72. The largest absolute Gasteiger partial charge is 0.285 e. The molecule has 0 bridgehead atoms. The maximum Gasteiger partial charge on any atom is 0.240 e. The van der Waals surface area contributed by atoms with Gasteiger partial charge < -0.3 is 0 Å². The molecule has 0 spiro atoms. The topological polar surface area (TPSA) is 34.1 Å². The van der Waals surface area contributed by atoms with Crippen molar-refractivity contribution < 1.29 is 0 Å². The smallest absolute Gasteiger partial charge is 0.240 e. The van der Waals surface area contributed by atoms with Crippen molar-refractivity contribution in [2.45, 2.75) is 0 Å². The summed E-state index contributed by atoms with van der Waals surface area (Å²) in [6.45, 7) is 0. The van der Waals surface area contributed by atoms with E-state index < -0.39 is 10.9 Å². The normalized spacial score (nSPS) is 12.1. The molecule has 114 valence electrons. The fourth-order valence-electron chi connectivity index (χ4n) is 3.60. The van der Waals surface area contributed by atoms with E-state index in [0.29, 0.717) is 9.69 Å². The molecular weight excluding hydrogens is 432 g/mol. The molecule has 0 saturated carbocycles. The summed E-state index contributed by atoms with van der Waals surface area (Å²) in [5.41, 5.74) is -0.923. The van der Waals surface area contributed by atoms with Gasteiger partial charge in [-0.3, -0.25) is 9.59 Å². The molecule has 4 heteroatoms. The molecule has 5 rings (SSSR count). The van der Waals surface area contributed by atoms with Crippen molar-refractivity contribution in [1.29, 1.82) is 0 Å². The van der Waals surface area contributed by atoms with Crippen LogP contribution < -0.4 is 10.9 Å². The Kier molecular flexibility index (Phi) is 2.83. The Balaban J connectivity index is 2.08. The monoisotopic (exact) mass is 438 g/mol. The standard InChI is InChI=1S/C20H8Br2O2/c21-10-1-2-11-9(5-10)6-14-12(11)3-4-13-15(14)7-17-16(13)8-18(22)20(24)19(17)23/h1-8H. The molecule has 2 aliphatic carbocycles. The first-order valence-corrected chi connectivity index (χ1v) is 9.00. The lowest BCUT2D eigenvalue weighted by Gasteiger charge is -1.96. The van der Waals surface area contributed by atoms with E-state index in [1.807, 2.05) is 18.2 Å². The predicted molar refractivity (Wildman–Crippen MR) is 105 cm³/mol. The van der Waals surface area contributed by atoms with Crippen molar-refractivity contribution in [2.75, 3.05) is 0 Å². The van der Waals surface area contributed by atoms with Crippen LogP contribution in [0.5, 0.6) is 0 Å². The quantitative estimate of drug-likeness (QED) is 0.318. The molecule has 0 aliphatic heterocycles. The zero-order valence-corrected chi connectivity index (χ0v) is 15.4. The van der Waals surface area contributed by atoms with E-state index in [2.05, 4.69) is 56.1 Å². The molecule has 0 fully saturated rings. The summed E-state index contributed by atoms with van der Waals surface area (Å²) in [5, 5.41) is 7.97. The van der Waals surface area contributed by atoms with Crippen LogP contribution in [0.2, 0.25) is 0 Å². The first-order valence-electron chi connectivity index (χ1n) is 7.42. The number of fused-ring (bicyclic) bond motifs is 6. The SMILES string of the molecule is O=c1c(Br)cc2c3ccc4c5ccc(Br)cc5cc4c3cc=2c1=O. The summed E-state index contributed by atoms with van der Waals surface area (Å²) in [4.78, 5) is 24.3. The zero-order valence-electron chi connectivity index (χ0n) is 12.2. The first-order chi connectivity index (χ1) is 11.5. The van der Waals surface area contributed by atoms with Crippen molar-refractivity contribution >= 4 is 64.2 Å². The van der Waals surface area contributed by atoms with Gasteiger partial charge in [0.1, 0.15) is 0 Å². The number of benzene rings is 2. The Bertz CT molecular complexity index is 1460. The Morgan fingerprint density at radius 1 is 0.583 bits per heavy atom. The van der Waals surface area contributed by atoms with E-state index in [0.717, 1.165) is 36.6 Å². The molecule has 24 heavy (non-hydrogen) atoms. The van der Waals surface area contributed by atoms with Crippen LogP contribution in [0.15, 0.2) is 67.1 Å². The Hall–Kier alpha value is -2.04. The summed E-state index contributed by atoms with van der Waals surface area (Å²) in [5.74, 6) is 0. The van der Waals surface area contributed by atoms with Gasteiger partial charge in [-0.2, -0.15) is 0 Å². The van der Waals surface area contributed by atoms with Gasteiger partial charge in [-0.25, -0.2) is 0 Å². The first kappa shape index (κ1) is 14.3. The molecule has 3 aromatic rings. The summed E-state index contributed by atoms with van der Waals surface area (Å²) in [7, 11) is 0. The Labute approximate surface area is 152 Å². The van der Waals surface area contributed by atoms with Gasteiger partial charge in [0.2, 0.25) is 10.9 Å². The van der Waals surface area contributed by atoms with Crippen molar-refractivity contribution in [1.82, 2.24) is 0 Å². The maximum absolute atomic E-state index is 12.3. The van der Waals surface area contributed by atoms with Crippen LogP contribution in [0, 0.1) is 10.4 Å². The molecule has 2 aliphatic rings. The molecule has 0 saturated heterocycles. The lowest BCUT2D eigenvalue weighted by atomic mass is 10.1. The van der Waals surface area contributed by atoms with E-state index in [1.54, 1.807) is 6.07 Å². The van der Waals surface area contributed by atoms with Crippen molar-refractivity contribution in [3.8, 4) is 0 Å². The van der Waals surface area contributed by atoms with Crippen molar-refractivity contribution in [3.63, 3.8) is 0 Å². The van der Waals surface area contributed by atoms with Gasteiger partial charge in [-0.1, -0.05) is 34.1 Å². The van der Waals surface area contributed by atoms with Gasteiger partial charge in [0.25, 0.3) is 0 Å². The maximum atomic E-state index is 12.3. The van der Waals surface area contributed by atoms with Gasteiger partial charge in [-0.15, -0.1) is 0 Å². The molecule has 0 N–H and O–H groups in total. The highest BCUT2D eigenvalue weighted by molar-refractivity contribution is 9.10. The highest BCUT2D eigenvalue weighted by Gasteiger charge is 2.13. The van der Waals surface area contributed by atoms with E-state index in [9.17, 15) is 9.59 Å².